The third-order valence-electron chi connectivity index (χ3n) is 7.52. The van der Waals surface area contributed by atoms with E-state index < -0.39 is 11.6 Å². The number of amides is 1. The minimum atomic E-state index is -0.672. The molecule has 202 valence electrons. The highest BCUT2D eigenvalue weighted by atomic mass is 19.1. The topological polar surface area (TPSA) is 109 Å². The molecule has 1 aromatic carbocycles. The highest BCUT2D eigenvalue weighted by Gasteiger charge is 2.36. The van der Waals surface area contributed by atoms with Crippen molar-refractivity contribution in [1.29, 1.82) is 0 Å². The third-order valence-corrected chi connectivity index (χ3v) is 7.52. The van der Waals surface area contributed by atoms with E-state index in [1.807, 2.05) is 36.3 Å². The van der Waals surface area contributed by atoms with E-state index in [0.29, 0.717) is 49.5 Å². The molecule has 6 rings (SSSR count). The number of fused-ring (bicyclic) bond motifs is 2. The van der Waals surface area contributed by atoms with E-state index in [9.17, 15) is 18.7 Å². The Labute approximate surface area is 223 Å². The molecule has 2 aliphatic rings. The maximum Gasteiger partial charge on any atom is 0.229 e. The quantitative estimate of drug-likeness (QED) is 0.390. The van der Waals surface area contributed by atoms with Crippen LogP contribution in [0.15, 0.2) is 30.5 Å². The molecule has 4 heterocycles. The fraction of sp³-hybridized carbons (Fsp3) is 0.393. The molecule has 0 atom stereocenters. The average molecular weight is 534 g/mol. The molecule has 9 nitrogen and oxygen atoms in total. The molecule has 0 radical (unpaired) electrons. The number of aromatic nitrogens is 5. The Kier molecular flexibility index (Phi) is 6.25. The zero-order chi connectivity index (χ0) is 27.4. The first-order valence-corrected chi connectivity index (χ1v) is 13.1. The van der Waals surface area contributed by atoms with Crippen molar-refractivity contribution in [3.63, 3.8) is 0 Å². The summed E-state index contributed by atoms with van der Waals surface area (Å²) in [5, 5.41) is 12.6. The Hall–Kier alpha value is -3.99. The molecule has 1 fully saturated rings. The summed E-state index contributed by atoms with van der Waals surface area (Å²) < 4.78 is 31.8. The smallest absolute Gasteiger partial charge is 0.229 e. The summed E-state index contributed by atoms with van der Waals surface area (Å²) in [5.41, 5.74) is 2.89. The number of imidazole rings is 1. The number of rotatable bonds is 5. The zero-order valence-corrected chi connectivity index (χ0v) is 21.9. The Morgan fingerprint density at radius 1 is 1.13 bits per heavy atom. The van der Waals surface area contributed by atoms with Gasteiger partial charge in [-0.15, -0.1) is 0 Å². The van der Waals surface area contributed by atoms with Crippen LogP contribution in [0.4, 0.5) is 20.5 Å². The molecule has 1 aliphatic carbocycles. The lowest BCUT2D eigenvalue weighted by Crippen LogP contribution is -2.45. The number of aliphatic hydroxyl groups excluding tert-OH is 1. The monoisotopic (exact) mass is 533 g/mol. The number of nitrogens with zero attached hydrogens (tertiary/aromatic N) is 6. The first kappa shape index (κ1) is 25.3. The van der Waals surface area contributed by atoms with Gasteiger partial charge >= 0.3 is 0 Å². The molecule has 0 saturated heterocycles. The van der Waals surface area contributed by atoms with E-state index in [0.717, 1.165) is 17.5 Å². The van der Waals surface area contributed by atoms with Gasteiger partial charge in [-0.1, -0.05) is 6.07 Å². The number of carbonyl (C=O) groups excluding carboxylic acids is 1. The van der Waals surface area contributed by atoms with Gasteiger partial charge in [-0.25, -0.2) is 28.7 Å². The van der Waals surface area contributed by atoms with Crippen molar-refractivity contribution in [3.8, 4) is 11.3 Å². The van der Waals surface area contributed by atoms with Crippen LogP contribution in [0.5, 0.6) is 0 Å². The van der Waals surface area contributed by atoms with E-state index in [-0.39, 0.29) is 46.7 Å². The fourth-order valence-electron chi connectivity index (χ4n) is 5.52. The van der Waals surface area contributed by atoms with Gasteiger partial charge in [-0.05, 0) is 57.4 Å². The second-order valence-corrected chi connectivity index (χ2v) is 10.6. The number of carbonyl (C=O) groups is 1. The van der Waals surface area contributed by atoms with Gasteiger partial charge in [-0.2, -0.15) is 0 Å². The summed E-state index contributed by atoms with van der Waals surface area (Å²) >= 11 is 0. The van der Waals surface area contributed by atoms with Crippen LogP contribution in [0.25, 0.3) is 22.3 Å². The van der Waals surface area contributed by atoms with Gasteiger partial charge in [0, 0.05) is 42.7 Å². The van der Waals surface area contributed by atoms with Crippen molar-refractivity contribution in [2.24, 2.45) is 5.92 Å². The SMILES string of the molecule is Cc1nc2c(F)cc(-c3nc(Nc4ccc5c(n4)CCN(C(=O)C4CC(O)C4)C5)ncc3F)cc2n1C(C)C. The largest absolute Gasteiger partial charge is 0.393 e. The first-order valence-electron chi connectivity index (χ1n) is 13.1. The standard InChI is InChI=1S/C28H29F2N7O2/c1-14(2)37-15(3)32-26-20(29)10-17(11-23(26)37)25-21(30)12-31-28(35-25)34-24-5-4-16-13-36(7-6-22(16)33-24)27(39)18-8-19(38)9-18/h4-5,10-12,14,18-19,38H,6-9,13H2,1-3H3,(H,31,33,34,35). The van der Waals surface area contributed by atoms with E-state index in [2.05, 4.69) is 25.3 Å². The summed E-state index contributed by atoms with van der Waals surface area (Å²) in [6.45, 7) is 6.81. The summed E-state index contributed by atoms with van der Waals surface area (Å²) in [5.74, 6) is 0.0662. The van der Waals surface area contributed by atoms with Gasteiger partial charge in [0.1, 0.15) is 22.9 Å². The molecule has 0 unspecified atom stereocenters. The summed E-state index contributed by atoms with van der Waals surface area (Å²) in [4.78, 5) is 31.9. The average Bonchev–Trinajstić information content (AvgIpc) is 3.23. The Bertz CT molecular complexity index is 1600. The second kappa shape index (κ2) is 9.64. The van der Waals surface area contributed by atoms with Crippen LogP contribution in [-0.2, 0) is 17.8 Å². The Morgan fingerprint density at radius 3 is 2.67 bits per heavy atom. The maximum atomic E-state index is 15.0. The van der Waals surface area contributed by atoms with Crippen LogP contribution in [0.2, 0.25) is 0 Å². The maximum absolute atomic E-state index is 15.0. The summed E-state index contributed by atoms with van der Waals surface area (Å²) in [6, 6.07) is 6.65. The molecule has 1 aliphatic heterocycles. The van der Waals surface area contributed by atoms with Crippen molar-refractivity contribution < 1.29 is 18.7 Å². The van der Waals surface area contributed by atoms with Gasteiger partial charge in [0.15, 0.2) is 11.6 Å². The predicted molar refractivity (Wildman–Crippen MR) is 141 cm³/mol. The number of nitrogens with one attached hydrogen (secondary N) is 1. The normalized spacial score (nSPS) is 18.8. The third kappa shape index (κ3) is 4.60. The van der Waals surface area contributed by atoms with Crippen LogP contribution >= 0.6 is 0 Å². The lowest BCUT2D eigenvalue weighted by molar-refractivity contribution is -0.143. The minimum absolute atomic E-state index is 0.0318. The van der Waals surface area contributed by atoms with Crippen molar-refractivity contribution in [3.05, 3.63) is 59.2 Å². The molecule has 2 N–H and O–H groups in total. The molecule has 4 aromatic rings. The van der Waals surface area contributed by atoms with Gasteiger partial charge in [0.2, 0.25) is 11.9 Å². The lowest BCUT2D eigenvalue weighted by atomic mass is 9.81. The Morgan fingerprint density at radius 2 is 1.92 bits per heavy atom. The van der Waals surface area contributed by atoms with Crippen molar-refractivity contribution in [2.45, 2.75) is 58.7 Å². The number of anilines is 2. The minimum Gasteiger partial charge on any atom is -0.393 e. The number of aliphatic hydroxyl groups is 1. The zero-order valence-electron chi connectivity index (χ0n) is 21.9. The molecule has 1 saturated carbocycles. The van der Waals surface area contributed by atoms with Crippen LogP contribution in [-0.4, -0.2) is 53.1 Å². The summed E-state index contributed by atoms with van der Waals surface area (Å²) in [7, 11) is 0. The first-order chi connectivity index (χ1) is 18.7. The van der Waals surface area contributed by atoms with Crippen LogP contribution in [0, 0.1) is 24.5 Å². The number of hydrogen-bond acceptors (Lipinski definition) is 7. The molecule has 1 amide bonds. The van der Waals surface area contributed by atoms with Gasteiger partial charge in [0.05, 0.1) is 17.8 Å². The molecular formula is C28H29F2N7O2. The van der Waals surface area contributed by atoms with E-state index >= 15 is 0 Å². The molecule has 39 heavy (non-hydrogen) atoms. The van der Waals surface area contributed by atoms with Crippen molar-refractivity contribution >= 4 is 28.7 Å². The van der Waals surface area contributed by atoms with Gasteiger partial charge < -0.3 is 19.9 Å². The number of benzene rings is 1. The lowest BCUT2D eigenvalue weighted by Gasteiger charge is -2.36. The predicted octanol–water partition coefficient (Wildman–Crippen LogP) is 4.46. The number of pyridine rings is 1. The second-order valence-electron chi connectivity index (χ2n) is 10.6. The summed E-state index contributed by atoms with van der Waals surface area (Å²) in [6.07, 6.45) is 2.35. The van der Waals surface area contributed by atoms with E-state index in [1.54, 1.807) is 12.1 Å². The van der Waals surface area contributed by atoms with Crippen LogP contribution < -0.4 is 5.32 Å². The van der Waals surface area contributed by atoms with Crippen molar-refractivity contribution in [1.82, 2.24) is 29.4 Å². The molecule has 3 aromatic heterocycles. The molecular weight excluding hydrogens is 504 g/mol. The van der Waals surface area contributed by atoms with Crippen LogP contribution in [0.1, 0.15) is 49.8 Å². The molecule has 0 spiro atoms. The highest BCUT2D eigenvalue weighted by Crippen LogP contribution is 2.32. The molecule has 11 heteroatoms. The fourth-order valence-corrected chi connectivity index (χ4v) is 5.52. The van der Waals surface area contributed by atoms with E-state index in [1.165, 1.54) is 6.07 Å². The molecule has 0 bridgehead atoms. The highest BCUT2D eigenvalue weighted by molar-refractivity contribution is 5.83. The Balaban J connectivity index is 1.24. The van der Waals surface area contributed by atoms with E-state index in [4.69, 9.17) is 0 Å². The number of halogens is 2. The number of hydrogen-bond donors (Lipinski definition) is 2. The van der Waals surface area contributed by atoms with Gasteiger partial charge in [0.25, 0.3) is 0 Å². The van der Waals surface area contributed by atoms with Crippen molar-refractivity contribution in [2.75, 3.05) is 11.9 Å². The van der Waals surface area contributed by atoms with Crippen LogP contribution in [0.3, 0.4) is 0 Å². The number of aryl methyl sites for hydroxylation is 1. The van der Waals surface area contributed by atoms with Gasteiger partial charge in [-0.3, -0.25) is 4.79 Å².